The molecule has 3 fully saturated rings. The van der Waals surface area contributed by atoms with Crippen molar-refractivity contribution >= 4 is 40.8 Å². The van der Waals surface area contributed by atoms with Crippen molar-refractivity contribution in [3.63, 3.8) is 0 Å². The standard InChI is InChI=1S/C30H30Cl2N2O5/c1-29(2,3)39-27(35)17-7-11-20(12-8-17)34-15-18-13-30(34,19-9-10-19)14-24(18)38-28(36)21-16-37-33-26(21)25-22(31)5-4-6-23(25)32/h4-8,11-12,16,18-19,24H,9-10,13-15H2,1-3H3/t18-,24+,30-/m0/s1. The lowest BCUT2D eigenvalue weighted by Crippen LogP contribution is -2.50. The Bertz CT molecular complexity index is 1410. The molecule has 39 heavy (non-hydrogen) atoms. The minimum atomic E-state index is -0.542. The molecule has 9 heteroatoms. The Morgan fingerprint density at radius 1 is 1.03 bits per heavy atom. The fourth-order valence-corrected chi connectivity index (χ4v) is 6.86. The van der Waals surface area contributed by atoms with Gasteiger partial charge >= 0.3 is 11.9 Å². The van der Waals surface area contributed by atoms with Crippen LogP contribution in [0.3, 0.4) is 0 Å². The summed E-state index contributed by atoms with van der Waals surface area (Å²) in [6.07, 6.45) is 5.15. The van der Waals surface area contributed by atoms with Gasteiger partial charge < -0.3 is 18.9 Å². The Kier molecular flexibility index (Phi) is 6.42. The number of carbonyl (C=O) groups excluding carboxylic acids is 2. The van der Waals surface area contributed by atoms with Crippen molar-refractivity contribution in [2.45, 2.75) is 63.7 Å². The summed E-state index contributed by atoms with van der Waals surface area (Å²) < 4.78 is 16.8. The summed E-state index contributed by atoms with van der Waals surface area (Å²) >= 11 is 12.7. The number of carbonyl (C=O) groups is 2. The summed E-state index contributed by atoms with van der Waals surface area (Å²) in [7, 11) is 0. The Morgan fingerprint density at radius 3 is 2.36 bits per heavy atom. The molecular formula is C30H30Cl2N2O5. The van der Waals surface area contributed by atoms with Crippen molar-refractivity contribution in [2.75, 3.05) is 11.4 Å². The minimum Gasteiger partial charge on any atom is -0.458 e. The molecule has 2 heterocycles. The van der Waals surface area contributed by atoms with Gasteiger partial charge in [0.2, 0.25) is 0 Å². The van der Waals surface area contributed by atoms with Crippen molar-refractivity contribution in [3.05, 3.63) is 69.9 Å². The summed E-state index contributed by atoms with van der Waals surface area (Å²) in [5.74, 6) is -0.0526. The van der Waals surface area contributed by atoms with Crippen LogP contribution < -0.4 is 4.90 Å². The maximum Gasteiger partial charge on any atom is 0.344 e. The van der Waals surface area contributed by atoms with Crippen LogP contribution in [0.5, 0.6) is 0 Å². The topological polar surface area (TPSA) is 81.9 Å². The molecule has 3 aromatic rings. The van der Waals surface area contributed by atoms with E-state index in [-0.39, 0.29) is 34.8 Å². The quantitative estimate of drug-likeness (QED) is 0.290. The van der Waals surface area contributed by atoms with E-state index < -0.39 is 11.6 Å². The Balaban J connectivity index is 1.19. The number of hydrogen-bond donors (Lipinski definition) is 0. The molecule has 1 saturated heterocycles. The zero-order chi connectivity index (χ0) is 27.5. The number of halogens is 2. The van der Waals surface area contributed by atoms with Crippen LogP contribution in [0.2, 0.25) is 10.0 Å². The number of aromatic nitrogens is 1. The number of piperidine rings is 1. The van der Waals surface area contributed by atoms with Gasteiger partial charge in [-0.15, -0.1) is 0 Å². The molecule has 7 nitrogen and oxygen atoms in total. The normalized spacial score (nSPS) is 24.2. The van der Waals surface area contributed by atoms with Gasteiger partial charge in [-0.2, -0.15) is 0 Å². The third-order valence-electron chi connectivity index (χ3n) is 8.05. The highest BCUT2D eigenvalue weighted by molar-refractivity contribution is 6.39. The first-order chi connectivity index (χ1) is 18.6. The lowest BCUT2D eigenvalue weighted by Gasteiger charge is -2.43. The first-order valence-corrected chi connectivity index (χ1v) is 14.0. The van der Waals surface area contributed by atoms with Crippen molar-refractivity contribution in [2.24, 2.45) is 11.8 Å². The van der Waals surface area contributed by atoms with Crippen LogP contribution >= 0.6 is 23.2 Å². The predicted molar refractivity (Wildman–Crippen MR) is 148 cm³/mol. The summed E-state index contributed by atoms with van der Waals surface area (Å²) in [6, 6.07) is 12.8. The first-order valence-electron chi connectivity index (χ1n) is 13.3. The molecule has 0 amide bonds. The van der Waals surface area contributed by atoms with Crippen LogP contribution in [0, 0.1) is 11.8 Å². The molecule has 2 aliphatic carbocycles. The third kappa shape index (κ3) is 4.80. The summed E-state index contributed by atoms with van der Waals surface area (Å²) in [6.45, 7) is 6.36. The van der Waals surface area contributed by atoms with E-state index in [1.54, 1.807) is 18.2 Å². The number of ether oxygens (including phenoxy) is 2. The van der Waals surface area contributed by atoms with Crippen LogP contribution in [0.15, 0.2) is 53.3 Å². The Hall–Kier alpha value is -3.03. The maximum atomic E-state index is 13.3. The van der Waals surface area contributed by atoms with Gasteiger partial charge in [-0.3, -0.25) is 0 Å². The van der Waals surface area contributed by atoms with E-state index >= 15 is 0 Å². The number of benzene rings is 2. The number of hydrogen-bond acceptors (Lipinski definition) is 7. The predicted octanol–water partition coefficient (Wildman–Crippen LogP) is 7.21. The highest BCUT2D eigenvalue weighted by Crippen LogP contribution is 2.59. The average molecular weight is 569 g/mol. The molecule has 2 saturated carbocycles. The second-order valence-electron chi connectivity index (χ2n) is 11.8. The fourth-order valence-electron chi connectivity index (χ4n) is 6.28. The van der Waals surface area contributed by atoms with Gasteiger partial charge in [0, 0.05) is 35.7 Å². The molecule has 204 valence electrons. The number of nitrogens with zero attached hydrogens (tertiary/aromatic N) is 2. The molecule has 0 spiro atoms. The first kappa shape index (κ1) is 26.2. The van der Waals surface area contributed by atoms with Crippen LogP contribution in [-0.2, 0) is 9.47 Å². The van der Waals surface area contributed by atoms with Crippen LogP contribution in [0.1, 0.15) is 67.2 Å². The van der Waals surface area contributed by atoms with Gasteiger partial charge in [0.05, 0.1) is 15.6 Å². The molecule has 2 aromatic carbocycles. The van der Waals surface area contributed by atoms with E-state index in [4.69, 9.17) is 37.2 Å². The number of fused-ring (bicyclic) bond motifs is 2. The summed E-state index contributed by atoms with van der Waals surface area (Å²) in [5, 5.41) is 4.77. The number of anilines is 1. The highest BCUT2D eigenvalue weighted by Gasteiger charge is 2.62. The highest BCUT2D eigenvalue weighted by atomic mass is 35.5. The molecule has 0 unspecified atom stereocenters. The van der Waals surface area contributed by atoms with Crippen LogP contribution in [-0.4, -0.2) is 40.9 Å². The van der Waals surface area contributed by atoms with E-state index in [1.165, 1.54) is 19.1 Å². The van der Waals surface area contributed by atoms with Crippen LogP contribution in [0.25, 0.3) is 11.3 Å². The van der Waals surface area contributed by atoms with Gasteiger partial charge in [-0.25, -0.2) is 9.59 Å². The lowest BCUT2D eigenvalue weighted by atomic mass is 9.89. The van der Waals surface area contributed by atoms with E-state index in [9.17, 15) is 9.59 Å². The van der Waals surface area contributed by atoms with E-state index in [0.717, 1.165) is 25.1 Å². The Labute approximate surface area is 237 Å². The summed E-state index contributed by atoms with van der Waals surface area (Å²) in [4.78, 5) is 28.3. The molecule has 0 radical (unpaired) electrons. The zero-order valence-electron chi connectivity index (χ0n) is 22.1. The van der Waals surface area contributed by atoms with Gasteiger partial charge in [0.15, 0.2) is 0 Å². The average Bonchev–Trinajstić information content (AvgIpc) is 3.37. The fraction of sp³-hybridized carbons (Fsp3) is 0.433. The lowest BCUT2D eigenvalue weighted by molar-refractivity contribution is 0.00686. The summed E-state index contributed by atoms with van der Waals surface area (Å²) in [5.41, 5.74) is 1.95. The van der Waals surface area contributed by atoms with E-state index in [0.29, 0.717) is 27.1 Å². The van der Waals surface area contributed by atoms with Gasteiger partial charge in [-0.1, -0.05) is 34.4 Å². The largest absolute Gasteiger partial charge is 0.458 e. The molecular weight excluding hydrogens is 539 g/mol. The molecule has 1 aliphatic heterocycles. The van der Waals surface area contributed by atoms with Gasteiger partial charge in [-0.05, 0) is 82.3 Å². The Morgan fingerprint density at radius 2 is 1.72 bits per heavy atom. The number of rotatable bonds is 6. The monoisotopic (exact) mass is 568 g/mol. The van der Waals surface area contributed by atoms with Crippen molar-refractivity contribution in [3.8, 4) is 11.3 Å². The molecule has 3 aliphatic rings. The molecule has 2 bridgehead atoms. The van der Waals surface area contributed by atoms with Crippen molar-refractivity contribution < 1.29 is 23.6 Å². The second-order valence-corrected chi connectivity index (χ2v) is 12.6. The zero-order valence-corrected chi connectivity index (χ0v) is 23.6. The van der Waals surface area contributed by atoms with E-state index in [1.807, 2.05) is 45.0 Å². The second kappa shape index (κ2) is 9.56. The smallest absolute Gasteiger partial charge is 0.344 e. The van der Waals surface area contributed by atoms with Gasteiger partial charge in [0.1, 0.15) is 29.2 Å². The van der Waals surface area contributed by atoms with Gasteiger partial charge in [0.25, 0.3) is 0 Å². The van der Waals surface area contributed by atoms with E-state index in [2.05, 4.69) is 10.1 Å². The SMILES string of the molecule is CC(C)(C)OC(=O)c1ccc(N2C[C@@H]3C[C@@]2(C2CC2)C[C@H]3OC(=O)c2conc2-c2c(Cl)cccc2Cl)cc1. The molecule has 6 rings (SSSR count). The van der Waals surface area contributed by atoms with Crippen molar-refractivity contribution in [1.29, 1.82) is 0 Å². The van der Waals surface area contributed by atoms with Crippen LogP contribution in [0.4, 0.5) is 5.69 Å². The molecule has 0 N–H and O–H groups in total. The third-order valence-corrected chi connectivity index (χ3v) is 8.68. The van der Waals surface area contributed by atoms with Crippen molar-refractivity contribution in [1.82, 2.24) is 5.16 Å². The molecule has 1 aromatic heterocycles. The molecule has 3 atom stereocenters. The maximum absolute atomic E-state index is 13.3. The minimum absolute atomic E-state index is 0.0629. The number of esters is 2.